The molecule has 0 aliphatic carbocycles. The summed E-state index contributed by atoms with van der Waals surface area (Å²) >= 11 is 0. The highest BCUT2D eigenvalue weighted by Gasteiger charge is 2.13. The van der Waals surface area contributed by atoms with Gasteiger partial charge in [0.25, 0.3) is 5.91 Å². The normalized spacial score (nSPS) is 10.8. The van der Waals surface area contributed by atoms with Crippen molar-refractivity contribution in [3.8, 4) is 0 Å². The first kappa shape index (κ1) is 12.4. The number of anilines is 1. The van der Waals surface area contributed by atoms with E-state index in [2.05, 4.69) is 22.3 Å². The highest BCUT2D eigenvalue weighted by atomic mass is 16.1. The van der Waals surface area contributed by atoms with E-state index >= 15 is 0 Å². The highest BCUT2D eigenvalue weighted by molar-refractivity contribution is 6.07. The molecule has 0 aromatic carbocycles. The zero-order chi connectivity index (χ0) is 13.9. The van der Waals surface area contributed by atoms with Gasteiger partial charge in [-0.25, -0.2) is 4.98 Å². The lowest BCUT2D eigenvalue weighted by Gasteiger charge is -2.00. The number of nitrogens with one attached hydrogen (secondary N) is 1. The summed E-state index contributed by atoms with van der Waals surface area (Å²) in [4.78, 5) is 16.4. The maximum absolute atomic E-state index is 12.2. The van der Waals surface area contributed by atoms with Gasteiger partial charge in [0.15, 0.2) is 5.69 Å². The van der Waals surface area contributed by atoms with E-state index in [9.17, 15) is 4.79 Å². The number of imidazole rings is 1. The third-order valence-corrected chi connectivity index (χ3v) is 3.00. The van der Waals surface area contributed by atoms with Crippen LogP contribution in [0.2, 0.25) is 0 Å². The number of hydrogen-bond acceptors (Lipinski definition) is 3. The number of carbonyl (C=O) groups is 1. The predicted octanol–water partition coefficient (Wildman–Crippen LogP) is 2.19. The number of aromatic nitrogens is 4. The van der Waals surface area contributed by atoms with Gasteiger partial charge in [0.2, 0.25) is 0 Å². The fourth-order valence-corrected chi connectivity index (χ4v) is 2.09. The second-order valence-electron chi connectivity index (χ2n) is 4.53. The van der Waals surface area contributed by atoms with Gasteiger partial charge in [-0.3, -0.25) is 9.48 Å². The van der Waals surface area contributed by atoms with Gasteiger partial charge in [-0.2, -0.15) is 5.10 Å². The molecule has 6 heteroatoms. The van der Waals surface area contributed by atoms with Crippen molar-refractivity contribution >= 4 is 17.1 Å². The number of pyridine rings is 1. The number of nitrogens with zero attached hydrogens (tertiary/aromatic N) is 4. The molecule has 0 radical (unpaired) electrons. The van der Waals surface area contributed by atoms with Crippen LogP contribution in [0.1, 0.15) is 23.8 Å². The van der Waals surface area contributed by atoms with Gasteiger partial charge < -0.3 is 9.72 Å². The van der Waals surface area contributed by atoms with Crippen molar-refractivity contribution in [3.63, 3.8) is 0 Å². The van der Waals surface area contributed by atoms with Crippen LogP contribution >= 0.6 is 0 Å². The smallest absolute Gasteiger partial charge is 0.276 e. The fraction of sp³-hybridized carbons (Fsp3) is 0.214. The molecule has 0 aliphatic rings. The average molecular weight is 269 g/mol. The first-order valence-electron chi connectivity index (χ1n) is 6.53. The van der Waals surface area contributed by atoms with Crippen molar-refractivity contribution in [2.45, 2.75) is 19.9 Å². The van der Waals surface area contributed by atoms with Gasteiger partial charge in [0.1, 0.15) is 6.33 Å². The standard InChI is InChI=1S/C14H15N5O/c1-2-6-19-9-11(8-16-19)17-14(20)13-12-5-3-4-7-18(12)10-15-13/h3-5,7-10H,2,6H2,1H3,(H,17,20). The third kappa shape index (κ3) is 2.27. The third-order valence-electron chi connectivity index (χ3n) is 3.00. The van der Waals surface area contributed by atoms with Crippen LogP contribution in [0.5, 0.6) is 0 Å². The van der Waals surface area contributed by atoms with E-state index < -0.39 is 0 Å². The monoisotopic (exact) mass is 269 g/mol. The molecule has 0 unspecified atom stereocenters. The van der Waals surface area contributed by atoms with Crippen LogP contribution in [0.25, 0.3) is 5.52 Å². The minimum atomic E-state index is -0.227. The summed E-state index contributed by atoms with van der Waals surface area (Å²) in [5, 5.41) is 7.00. The van der Waals surface area contributed by atoms with Crippen LogP contribution in [-0.2, 0) is 6.54 Å². The summed E-state index contributed by atoms with van der Waals surface area (Å²) in [5.41, 5.74) is 1.88. The number of amides is 1. The molecule has 6 nitrogen and oxygen atoms in total. The van der Waals surface area contributed by atoms with Crippen LogP contribution < -0.4 is 5.32 Å². The van der Waals surface area contributed by atoms with Crippen LogP contribution in [0.3, 0.4) is 0 Å². The molecule has 0 bridgehead atoms. The van der Waals surface area contributed by atoms with Gasteiger partial charge in [0, 0.05) is 18.9 Å². The fourth-order valence-electron chi connectivity index (χ4n) is 2.09. The Kier molecular flexibility index (Phi) is 3.20. The molecule has 102 valence electrons. The molecular weight excluding hydrogens is 254 g/mol. The first-order chi connectivity index (χ1) is 9.78. The second-order valence-corrected chi connectivity index (χ2v) is 4.53. The van der Waals surface area contributed by atoms with E-state index in [0.29, 0.717) is 11.4 Å². The number of aryl methyl sites for hydroxylation is 1. The number of hydrogen-bond donors (Lipinski definition) is 1. The van der Waals surface area contributed by atoms with E-state index in [1.807, 2.05) is 35.0 Å². The molecule has 20 heavy (non-hydrogen) atoms. The Morgan fingerprint density at radius 3 is 3.15 bits per heavy atom. The first-order valence-corrected chi connectivity index (χ1v) is 6.53. The molecule has 0 atom stereocenters. The van der Waals surface area contributed by atoms with Gasteiger partial charge in [-0.15, -0.1) is 0 Å². The van der Waals surface area contributed by atoms with Gasteiger partial charge in [-0.1, -0.05) is 13.0 Å². The van der Waals surface area contributed by atoms with Crippen molar-refractivity contribution in [2.24, 2.45) is 0 Å². The molecule has 0 saturated carbocycles. The van der Waals surface area contributed by atoms with Crippen molar-refractivity contribution in [1.29, 1.82) is 0 Å². The van der Waals surface area contributed by atoms with Crippen molar-refractivity contribution in [3.05, 3.63) is 48.8 Å². The molecule has 3 heterocycles. The molecule has 3 rings (SSSR count). The quantitative estimate of drug-likeness (QED) is 0.789. The van der Waals surface area contributed by atoms with Crippen molar-refractivity contribution in [1.82, 2.24) is 19.2 Å². The average Bonchev–Trinajstić information content (AvgIpc) is 3.06. The lowest BCUT2D eigenvalue weighted by molar-refractivity contribution is 0.102. The Morgan fingerprint density at radius 2 is 2.30 bits per heavy atom. The Hall–Kier alpha value is -2.63. The summed E-state index contributed by atoms with van der Waals surface area (Å²) in [6.45, 7) is 2.92. The van der Waals surface area contributed by atoms with Crippen molar-refractivity contribution < 1.29 is 4.79 Å². The Bertz CT molecular complexity index is 743. The molecule has 0 spiro atoms. The number of rotatable bonds is 4. The Labute approximate surface area is 116 Å². The van der Waals surface area contributed by atoms with Gasteiger partial charge in [0.05, 0.1) is 17.4 Å². The topological polar surface area (TPSA) is 64.2 Å². The zero-order valence-corrected chi connectivity index (χ0v) is 11.2. The molecular formula is C14H15N5O. The molecule has 0 aliphatic heterocycles. The highest BCUT2D eigenvalue weighted by Crippen LogP contribution is 2.12. The van der Waals surface area contributed by atoms with Crippen LogP contribution in [0, 0.1) is 0 Å². The minimum absolute atomic E-state index is 0.227. The Balaban J connectivity index is 1.81. The van der Waals surface area contributed by atoms with Crippen LogP contribution in [0.15, 0.2) is 43.1 Å². The summed E-state index contributed by atoms with van der Waals surface area (Å²) in [7, 11) is 0. The Morgan fingerprint density at radius 1 is 1.40 bits per heavy atom. The predicted molar refractivity (Wildman–Crippen MR) is 75.7 cm³/mol. The van der Waals surface area contributed by atoms with Crippen LogP contribution in [0.4, 0.5) is 5.69 Å². The molecule has 1 amide bonds. The summed E-state index contributed by atoms with van der Waals surface area (Å²) < 4.78 is 3.62. The van der Waals surface area contributed by atoms with E-state index in [-0.39, 0.29) is 5.91 Å². The summed E-state index contributed by atoms with van der Waals surface area (Å²) in [6, 6.07) is 5.64. The molecule has 3 aromatic rings. The molecule has 1 N–H and O–H groups in total. The molecule has 0 fully saturated rings. The maximum atomic E-state index is 12.2. The SMILES string of the molecule is CCCn1cc(NC(=O)c2ncn3ccccc23)cn1. The van der Waals surface area contributed by atoms with E-state index in [1.54, 1.807) is 17.2 Å². The van der Waals surface area contributed by atoms with E-state index in [4.69, 9.17) is 0 Å². The van der Waals surface area contributed by atoms with E-state index in [0.717, 1.165) is 18.5 Å². The number of carbonyl (C=O) groups excluding carboxylic acids is 1. The zero-order valence-electron chi connectivity index (χ0n) is 11.2. The molecule has 0 saturated heterocycles. The van der Waals surface area contributed by atoms with Gasteiger partial charge in [-0.05, 0) is 18.6 Å². The van der Waals surface area contributed by atoms with E-state index in [1.165, 1.54) is 0 Å². The minimum Gasteiger partial charge on any atom is -0.318 e. The largest absolute Gasteiger partial charge is 0.318 e. The van der Waals surface area contributed by atoms with Crippen LogP contribution in [-0.4, -0.2) is 25.1 Å². The second kappa shape index (κ2) is 5.16. The lowest BCUT2D eigenvalue weighted by Crippen LogP contribution is -2.12. The number of fused-ring (bicyclic) bond motifs is 1. The van der Waals surface area contributed by atoms with Gasteiger partial charge >= 0.3 is 0 Å². The lowest BCUT2D eigenvalue weighted by atomic mass is 10.3. The summed E-state index contributed by atoms with van der Waals surface area (Å²) in [6.07, 6.45) is 7.95. The summed E-state index contributed by atoms with van der Waals surface area (Å²) in [5.74, 6) is -0.227. The maximum Gasteiger partial charge on any atom is 0.276 e. The van der Waals surface area contributed by atoms with Crippen molar-refractivity contribution in [2.75, 3.05) is 5.32 Å². The molecule has 3 aromatic heterocycles.